The first kappa shape index (κ1) is 17.2. The number of ether oxygens (including phenoxy) is 1. The van der Waals surface area contributed by atoms with Gasteiger partial charge in [-0.2, -0.15) is 0 Å². The van der Waals surface area contributed by atoms with Crippen LogP contribution in [0.2, 0.25) is 0 Å². The summed E-state index contributed by atoms with van der Waals surface area (Å²) >= 11 is 3.39. The summed E-state index contributed by atoms with van der Waals surface area (Å²) in [5, 5.41) is 2.71. The van der Waals surface area contributed by atoms with Crippen molar-refractivity contribution >= 4 is 33.5 Å². The molecule has 0 aliphatic carbocycles. The molecule has 0 aliphatic heterocycles. The van der Waals surface area contributed by atoms with E-state index in [4.69, 9.17) is 4.74 Å². The Bertz CT molecular complexity index is 673. The van der Waals surface area contributed by atoms with Crippen molar-refractivity contribution < 1.29 is 14.3 Å². The summed E-state index contributed by atoms with van der Waals surface area (Å²) in [4.78, 5) is 23.8. The number of halogens is 1. The minimum Gasteiger partial charge on any atom is -0.453 e. The number of hydrogen-bond donors (Lipinski definition) is 1. The van der Waals surface area contributed by atoms with Crippen LogP contribution in [0, 0.1) is 0 Å². The van der Waals surface area contributed by atoms with Crippen LogP contribution in [0.5, 0.6) is 0 Å². The first-order chi connectivity index (χ1) is 11.0. The third-order valence-electron chi connectivity index (χ3n) is 3.23. The molecule has 1 amide bonds. The molecule has 5 heteroatoms. The van der Waals surface area contributed by atoms with Crippen LogP contribution >= 0.6 is 15.9 Å². The minimum atomic E-state index is -0.829. The number of nitrogens with one attached hydrogen (secondary N) is 1. The zero-order valence-corrected chi connectivity index (χ0v) is 14.4. The zero-order valence-electron chi connectivity index (χ0n) is 12.8. The van der Waals surface area contributed by atoms with E-state index in [2.05, 4.69) is 21.2 Å². The van der Waals surface area contributed by atoms with Crippen LogP contribution in [-0.4, -0.2) is 18.0 Å². The number of hydrogen-bond acceptors (Lipinski definition) is 3. The Balaban J connectivity index is 1.79. The number of aryl methyl sites for hydroxylation is 1. The van der Waals surface area contributed by atoms with Crippen molar-refractivity contribution in [1.82, 2.24) is 0 Å². The quantitative estimate of drug-likeness (QED) is 0.777. The average molecular weight is 376 g/mol. The molecule has 1 N–H and O–H groups in total. The summed E-state index contributed by atoms with van der Waals surface area (Å²) in [6, 6.07) is 16.8. The molecule has 2 rings (SSSR count). The lowest BCUT2D eigenvalue weighted by atomic mass is 10.1. The van der Waals surface area contributed by atoms with Crippen molar-refractivity contribution in [3.05, 3.63) is 64.6 Å². The molecule has 0 saturated carbocycles. The van der Waals surface area contributed by atoms with Gasteiger partial charge in [0.25, 0.3) is 5.91 Å². The lowest BCUT2D eigenvalue weighted by Gasteiger charge is -2.13. The van der Waals surface area contributed by atoms with Gasteiger partial charge in [-0.3, -0.25) is 9.59 Å². The number of anilines is 1. The molecule has 2 aromatic rings. The highest BCUT2D eigenvalue weighted by Gasteiger charge is 2.17. The van der Waals surface area contributed by atoms with Crippen molar-refractivity contribution in [2.24, 2.45) is 0 Å². The summed E-state index contributed by atoms with van der Waals surface area (Å²) in [5.74, 6) is -0.729. The molecular weight excluding hydrogens is 358 g/mol. The number of rotatable bonds is 6. The third-order valence-corrected chi connectivity index (χ3v) is 3.72. The fraction of sp³-hybridized carbons (Fsp3) is 0.222. The van der Waals surface area contributed by atoms with Gasteiger partial charge in [0, 0.05) is 16.6 Å². The third kappa shape index (κ3) is 5.87. The number of carbonyl (C=O) groups excluding carboxylic acids is 2. The van der Waals surface area contributed by atoms with Gasteiger partial charge in [0.1, 0.15) is 0 Å². The molecule has 0 fully saturated rings. The molecule has 4 nitrogen and oxygen atoms in total. The van der Waals surface area contributed by atoms with Crippen LogP contribution < -0.4 is 5.32 Å². The fourth-order valence-electron chi connectivity index (χ4n) is 2.01. The Kier molecular flexibility index (Phi) is 6.35. The summed E-state index contributed by atoms with van der Waals surface area (Å²) in [6.07, 6.45) is -0.0183. The monoisotopic (exact) mass is 375 g/mol. The van der Waals surface area contributed by atoms with E-state index in [1.807, 2.05) is 42.5 Å². The molecule has 120 valence electrons. The standard InChI is InChI=1S/C18H18BrNO3/c1-13(18(22)20-16-8-3-2-4-9-16)23-17(21)11-10-14-6-5-7-15(19)12-14/h2-9,12-13H,10-11H2,1H3,(H,20,22). The van der Waals surface area contributed by atoms with Gasteiger partial charge in [-0.1, -0.05) is 46.3 Å². The van der Waals surface area contributed by atoms with Gasteiger partial charge in [-0.15, -0.1) is 0 Å². The van der Waals surface area contributed by atoms with Crippen LogP contribution in [0.25, 0.3) is 0 Å². The second-order valence-corrected chi connectivity index (χ2v) is 6.03. The van der Waals surface area contributed by atoms with Gasteiger partial charge < -0.3 is 10.1 Å². The van der Waals surface area contributed by atoms with Gasteiger partial charge in [-0.05, 0) is 43.2 Å². The van der Waals surface area contributed by atoms with Crippen molar-refractivity contribution in [2.45, 2.75) is 25.9 Å². The Morgan fingerprint density at radius 1 is 1.13 bits per heavy atom. The predicted octanol–water partition coefficient (Wildman–Crippen LogP) is 3.95. The topological polar surface area (TPSA) is 55.4 Å². The van der Waals surface area contributed by atoms with Gasteiger partial charge in [0.05, 0.1) is 0 Å². The SMILES string of the molecule is CC(OC(=O)CCc1cccc(Br)c1)C(=O)Nc1ccccc1. The Labute approximate surface area is 144 Å². The number of para-hydroxylation sites is 1. The fourth-order valence-corrected chi connectivity index (χ4v) is 2.46. The Hall–Kier alpha value is -2.14. The normalized spacial score (nSPS) is 11.6. The minimum absolute atomic E-state index is 0.236. The van der Waals surface area contributed by atoms with E-state index in [9.17, 15) is 9.59 Å². The first-order valence-electron chi connectivity index (χ1n) is 7.34. The second-order valence-electron chi connectivity index (χ2n) is 5.12. The highest BCUT2D eigenvalue weighted by molar-refractivity contribution is 9.10. The van der Waals surface area contributed by atoms with Crippen molar-refractivity contribution in [3.63, 3.8) is 0 Å². The molecule has 0 aliphatic rings. The van der Waals surface area contributed by atoms with E-state index in [0.29, 0.717) is 12.1 Å². The molecule has 23 heavy (non-hydrogen) atoms. The highest BCUT2D eigenvalue weighted by atomic mass is 79.9. The number of amides is 1. The molecule has 0 spiro atoms. The lowest BCUT2D eigenvalue weighted by Crippen LogP contribution is -2.30. The number of carbonyl (C=O) groups is 2. The Morgan fingerprint density at radius 3 is 2.57 bits per heavy atom. The van der Waals surface area contributed by atoms with Crippen LogP contribution in [0.1, 0.15) is 18.9 Å². The van der Waals surface area contributed by atoms with Gasteiger partial charge in [0.2, 0.25) is 0 Å². The van der Waals surface area contributed by atoms with Gasteiger partial charge >= 0.3 is 5.97 Å². The van der Waals surface area contributed by atoms with E-state index in [1.54, 1.807) is 19.1 Å². The van der Waals surface area contributed by atoms with E-state index in [1.165, 1.54) is 0 Å². The molecule has 1 unspecified atom stereocenters. The highest BCUT2D eigenvalue weighted by Crippen LogP contribution is 2.13. The molecule has 0 aromatic heterocycles. The van der Waals surface area contributed by atoms with Crippen molar-refractivity contribution in [2.75, 3.05) is 5.32 Å². The van der Waals surface area contributed by atoms with E-state index in [-0.39, 0.29) is 18.3 Å². The second kappa shape index (κ2) is 8.48. The average Bonchev–Trinajstić information content (AvgIpc) is 2.54. The van der Waals surface area contributed by atoms with E-state index >= 15 is 0 Å². The molecule has 0 saturated heterocycles. The molecule has 2 aromatic carbocycles. The predicted molar refractivity (Wildman–Crippen MR) is 93.1 cm³/mol. The van der Waals surface area contributed by atoms with Crippen LogP contribution in [0.3, 0.4) is 0 Å². The van der Waals surface area contributed by atoms with E-state index < -0.39 is 6.10 Å². The number of benzene rings is 2. The summed E-state index contributed by atoms with van der Waals surface area (Å²) in [6.45, 7) is 1.56. The van der Waals surface area contributed by atoms with Crippen LogP contribution in [0.15, 0.2) is 59.1 Å². The lowest BCUT2D eigenvalue weighted by molar-refractivity contribution is -0.153. The molecule has 0 heterocycles. The largest absolute Gasteiger partial charge is 0.453 e. The molecule has 0 radical (unpaired) electrons. The van der Waals surface area contributed by atoms with Crippen molar-refractivity contribution in [3.8, 4) is 0 Å². The molecule has 0 bridgehead atoms. The Morgan fingerprint density at radius 2 is 1.87 bits per heavy atom. The van der Waals surface area contributed by atoms with Crippen LogP contribution in [-0.2, 0) is 20.7 Å². The van der Waals surface area contributed by atoms with Gasteiger partial charge in [-0.25, -0.2) is 0 Å². The summed E-state index contributed by atoms with van der Waals surface area (Å²) in [7, 11) is 0. The first-order valence-corrected chi connectivity index (χ1v) is 8.14. The summed E-state index contributed by atoms with van der Waals surface area (Å²) < 4.78 is 6.14. The van der Waals surface area contributed by atoms with Crippen molar-refractivity contribution in [1.29, 1.82) is 0 Å². The maximum Gasteiger partial charge on any atom is 0.306 e. The van der Waals surface area contributed by atoms with Crippen LogP contribution in [0.4, 0.5) is 5.69 Å². The summed E-state index contributed by atoms with van der Waals surface area (Å²) in [5.41, 5.74) is 1.72. The molecule has 1 atom stereocenters. The number of esters is 1. The molecular formula is C18H18BrNO3. The van der Waals surface area contributed by atoms with Gasteiger partial charge in [0.15, 0.2) is 6.10 Å². The maximum absolute atomic E-state index is 12.0. The smallest absolute Gasteiger partial charge is 0.306 e. The maximum atomic E-state index is 12.0. The zero-order chi connectivity index (χ0) is 16.7. The van der Waals surface area contributed by atoms with E-state index in [0.717, 1.165) is 10.0 Å².